The Morgan fingerprint density at radius 3 is 2.30 bits per heavy atom. The van der Waals surface area contributed by atoms with E-state index < -0.39 is 62.7 Å². The third-order valence-electron chi connectivity index (χ3n) is 11.7. The van der Waals surface area contributed by atoms with Crippen LogP contribution in [0.25, 0.3) is 0 Å². The van der Waals surface area contributed by atoms with Gasteiger partial charge in [-0.25, -0.2) is 0 Å². The minimum absolute atomic E-state index is 0.0150. The zero-order valence-electron chi connectivity index (χ0n) is 25.3. The van der Waals surface area contributed by atoms with E-state index in [4.69, 9.17) is 4.74 Å². The number of esters is 1. The van der Waals surface area contributed by atoms with Gasteiger partial charge in [-0.05, 0) is 81.3 Å². The van der Waals surface area contributed by atoms with Crippen LogP contribution in [-0.4, -0.2) is 68.0 Å². The predicted molar refractivity (Wildman–Crippen MR) is 149 cm³/mol. The monoisotopic (exact) mass is 560 g/mol. The standard InChI is InChI=1S/C32H48O8/c1-18(34)40-27(2,3)14-13-24(37)31(8,39)26-21(35)15-29(6)22-11-9-19-20(10-12-23(36)28(19,4)5)32(22,17-33)25(38)16-30(26,29)7/h9,13-14,20-23,26,33,35-36,39H,10-12,15-17H2,1-8H3/b14-13+/t20-,21?,22-,23?,26-,29-,30+,31-,32+/m0/s1. The maximum absolute atomic E-state index is 14.4. The van der Waals surface area contributed by atoms with Gasteiger partial charge in [0.15, 0.2) is 5.78 Å². The summed E-state index contributed by atoms with van der Waals surface area (Å²) in [6.45, 7) is 13.5. The van der Waals surface area contributed by atoms with Crippen LogP contribution in [-0.2, 0) is 19.1 Å². The van der Waals surface area contributed by atoms with E-state index in [1.54, 1.807) is 13.8 Å². The second kappa shape index (κ2) is 9.58. The number of aliphatic hydroxyl groups is 4. The van der Waals surface area contributed by atoms with E-state index in [0.717, 1.165) is 5.57 Å². The summed E-state index contributed by atoms with van der Waals surface area (Å²) in [7, 11) is 0. The van der Waals surface area contributed by atoms with Gasteiger partial charge in [-0.3, -0.25) is 14.4 Å². The summed E-state index contributed by atoms with van der Waals surface area (Å²) in [4.78, 5) is 39.3. The zero-order chi connectivity index (χ0) is 30.3. The fourth-order valence-electron chi connectivity index (χ4n) is 9.56. The van der Waals surface area contributed by atoms with Crippen molar-refractivity contribution in [2.24, 2.45) is 39.4 Å². The number of fused-ring (bicyclic) bond motifs is 5. The summed E-state index contributed by atoms with van der Waals surface area (Å²) >= 11 is 0. The Labute approximate surface area is 237 Å². The van der Waals surface area contributed by atoms with Crippen molar-refractivity contribution in [3.8, 4) is 0 Å². The normalized spacial score (nSPS) is 42.4. The first-order valence-electron chi connectivity index (χ1n) is 14.6. The molecule has 8 heteroatoms. The molecule has 0 aromatic carbocycles. The first kappa shape index (κ1) is 31.1. The second-order valence-corrected chi connectivity index (χ2v) is 14.7. The Balaban J connectivity index is 1.76. The molecule has 0 amide bonds. The second-order valence-electron chi connectivity index (χ2n) is 14.7. The number of Topliss-reactive ketones (excluding diaryl/α,β-unsaturated/α-hetero) is 1. The molecule has 0 aromatic heterocycles. The lowest BCUT2D eigenvalue weighted by Crippen LogP contribution is -2.66. The Hall–Kier alpha value is -1.87. The van der Waals surface area contributed by atoms with Gasteiger partial charge < -0.3 is 25.2 Å². The van der Waals surface area contributed by atoms with Gasteiger partial charge in [0, 0.05) is 24.7 Å². The first-order valence-corrected chi connectivity index (χ1v) is 14.6. The summed E-state index contributed by atoms with van der Waals surface area (Å²) in [6, 6.07) is 0. The van der Waals surface area contributed by atoms with Gasteiger partial charge in [0.1, 0.15) is 17.0 Å². The number of ketones is 2. The highest BCUT2D eigenvalue weighted by atomic mass is 16.6. The molecule has 0 spiro atoms. The summed E-state index contributed by atoms with van der Waals surface area (Å²) in [5, 5.41) is 45.1. The lowest BCUT2D eigenvalue weighted by molar-refractivity contribution is -0.191. The van der Waals surface area contributed by atoms with Crippen molar-refractivity contribution in [1.29, 1.82) is 0 Å². The fourth-order valence-corrected chi connectivity index (χ4v) is 9.56. The Kier molecular flexibility index (Phi) is 7.44. The SMILES string of the molecule is CC(=O)OC(C)(C)/C=C/C(=O)[C@](C)(O)[C@H]1C(O)C[C@@]2(C)[C@@H]3CC=C4[C@H](CCC(O)C4(C)C)[C@@]3(CO)C(=O)C[C@]12C. The number of ether oxygens (including phenoxy) is 1. The lowest BCUT2D eigenvalue weighted by Gasteiger charge is -2.65. The predicted octanol–water partition coefficient (Wildman–Crippen LogP) is 3.29. The molecule has 4 aliphatic carbocycles. The van der Waals surface area contributed by atoms with Crippen LogP contribution in [0.1, 0.15) is 87.5 Å². The van der Waals surface area contributed by atoms with Crippen molar-refractivity contribution in [3.63, 3.8) is 0 Å². The molecule has 224 valence electrons. The van der Waals surface area contributed by atoms with Crippen molar-refractivity contribution in [3.05, 3.63) is 23.8 Å². The van der Waals surface area contributed by atoms with Gasteiger partial charge in [0.25, 0.3) is 0 Å². The smallest absolute Gasteiger partial charge is 0.303 e. The summed E-state index contributed by atoms with van der Waals surface area (Å²) in [5.74, 6) is -2.70. The molecule has 40 heavy (non-hydrogen) atoms. The minimum Gasteiger partial charge on any atom is -0.456 e. The molecule has 9 atom stereocenters. The topological polar surface area (TPSA) is 141 Å². The van der Waals surface area contributed by atoms with Gasteiger partial charge in [-0.1, -0.05) is 39.3 Å². The Bertz CT molecular complexity index is 1150. The van der Waals surface area contributed by atoms with Gasteiger partial charge in [0.05, 0.1) is 24.2 Å². The van der Waals surface area contributed by atoms with Gasteiger partial charge >= 0.3 is 5.97 Å². The van der Waals surface area contributed by atoms with E-state index in [1.165, 1.54) is 26.0 Å². The van der Waals surface area contributed by atoms with E-state index in [9.17, 15) is 34.8 Å². The Morgan fingerprint density at radius 2 is 1.73 bits per heavy atom. The van der Waals surface area contributed by atoms with Crippen LogP contribution in [0.4, 0.5) is 0 Å². The fraction of sp³-hybridized carbons (Fsp3) is 0.781. The highest BCUT2D eigenvalue weighted by Crippen LogP contribution is 2.74. The third-order valence-corrected chi connectivity index (χ3v) is 11.7. The van der Waals surface area contributed by atoms with Crippen molar-refractivity contribution in [2.75, 3.05) is 6.61 Å². The summed E-state index contributed by atoms with van der Waals surface area (Å²) in [5.41, 5.74) is -5.21. The number of hydrogen-bond donors (Lipinski definition) is 4. The molecule has 4 aliphatic rings. The maximum atomic E-state index is 14.4. The van der Waals surface area contributed by atoms with Crippen molar-refractivity contribution in [2.45, 2.75) is 111 Å². The van der Waals surface area contributed by atoms with Crippen LogP contribution in [0.5, 0.6) is 0 Å². The van der Waals surface area contributed by atoms with E-state index in [2.05, 4.69) is 6.08 Å². The molecule has 0 heterocycles. The molecule has 4 rings (SSSR count). The molecule has 0 aromatic rings. The zero-order valence-corrected chi connectivity index (χ0v) is 25.3. The average molecular weight is 561 g/mol. The molecule has 3 fully saturated rings. The summed E-state index contributed by atoms with van der Waals surface area (Å²) < 4.78 is 5.23. The quantitative estimate of drug-likeness (QED) is 0.220. The van der Waals surface area contributed by atoms with E-state index in [1.807, 2.05) is 27.7 Å². The maximum Gasteiger partial charge on any atom is 0.303 e. The van der Waals surface area contributed by atoms with Gasteiger partial charge in [0.2, 0.25) is 0 Å². The number of carbonyl (C=O) groups excluding carboxylic acids is 3. The molecule has 0 saturated heterocycles. The number of aliphatic hydroxyl groups excluding tert-OH is 3. The van der Waals surface area contributed by atoms with Crippen LogP contribution in [0.3, 0.4) is 0 Å². The van der Waals surface area contributed by atoms with Crippen LogP contribution in [0.15, 0.2) is 23.8 Å². The lowest BCUT2D eigenvalue weighted by atomic mass is 9.38. The Morgan fingerprint density at radius 1 is 1.10 bits per heavy atom. The highest BCUT2D eigenvalue weighted by molar-refractivity contribution is 5.97. The summed E-state index contributed by atoms with van der Waals surface area (Å²) in [6.07, 6.45) is 5.10. The van der Waals surface area contributed by atoms with Gasteiger partial charge in [-0.15, -0.1) is 0 Å². The molecule has 0 bridgehead atoms. The third kappa shape index (κ3) is 4.19. The largest absolute Gasteiger partial charge is 0.456 e. The molecule has 0 aliphatic heterocycles. The number of carbonyl (C=O) groups is 3. The first-order chi connectivity index (χ1) is 18.2. The number of rotatable bonds is 6. The van der Waals surface area contributed by atoms with Crippen LogP contribution < -0.4 is 0 Å². The molecule has 0 radical (unpaired) electrons. The highest BCUT2D eigenvalue weighted by Gasteiger charge is 2.75. The molecule has 4 N–H and O–H groups in total. The molecular formula is C32H48O8. The van der Waals surface area contributed by atoms with Crippen LogP contribution in [0.2, 0.25) is 0 Å². The van der Waals surface area contributed by atoms with E-state index in [-0.39, 0.29) is 37.1 Å². The molecule has 8 nitrogen and oxygen atoms in total. The number of allylic oxidation sites excluding steroid dienone is 1. The van der Waals surface area contributed by atoms with Crippen LogP contribution in [0, 0.1) is 39.4 Å². The van der Waals surface area contributed by atoms with Crippen LogP contribution >= 0.6 is 0 Å². The minimum atomic E-state index is -2.00. The van der Waals surface area contributed by atoms with E-state index in [0.29, 0.717) is 19.3 Å². The number of hydrogen-bond acceptors (Lipinski definition) is 8. The van der Waals surface area contributed by atoms with E-state index >= 15 is 0 Å². The van der Waals surface area contributed by atoms with Crippen molar-refractivity contribution in [1.82, 2.24) is 0 Å². The average Bonchev–Trinajstić information content (AvgIpc) is 3.03. The molecule has 3 saturated carbocycles. The molecule has 2 unspecified atom stereocenters. The van der Waals surface area contributed by atoms with Gasteiger partial charge in [-0.2, -0.15) is 0 Å². The molecular weight excluding hydrogens is 512 g/mol. The van der Waals surface area contributed by atoms with Crippen molar-refractivity contribution < 1.29 is 39.5 Å². The van der Waals surface area contributed by atoms with Crippen molar-refractivity contribution >= 4 is 17.5 Å².